The average Bonchev–Trinajstić information content (AvgIpc) is 4.03. The first kappa shape index (κ1) is 49.4. The Bertz CT molecular complexity index is 3780. The fourth-order valence-corrected chi connectivity index (χ4v) is 9.43. The van der Waals surface area contributed by atoms with Gasteiger partial charge in [-0.1, -0.05) is 30.3 Å². The molecule has 0 aliphatic heterocycles. The van der Waals surface area contributed by atoms with Gasteiger partial charge in [-0.15, -0.1) is 0 Å². The Morgan fingerprint density at radius 2 is 0.382 bits per heavy atom. The Morgan fingerprint density at radius 3 is 0.579 bits per heavy atom. The van der Waals surface area contributed by atoms with E-state index in [1.54, 1.807) is 0 Å². The molecule has 0 saturated heterocycles. The van der Waals surface area contributed by atoms with E-state index in [9.17, 15) is 52.7 Å². The Balaban J connectivity index is 1.18. The standard InChI is InChI=1S/C54H16F20N2/c55-35-31(36(56)44(64)51(71)43(35)63)17-4-8-27-23(12-17)24-13-18(32-37(57)45(65)52(72)46(66)38(32)58)5-9-28(24)75(27)21-2-1-3-22(16-21)76-29-10-6-19(33-39(59)47(67)53(73)48(68)40(33)60)14-25(29)26-15-20(7-11-30(26)76)34-41(61)49(69)54(74)50(70)42(34)62/h1-16H. The van der Waals surface area contributed by atoms with Crippen molar-refractivity contribution in [1.82, 2.24) is 9.13 Å². The summed E-state index contributed by atoms with van der Waals surface area (Å²) in [6.07, 6.45) is 0. The first-order valence-electron chi connectivity index (χ1n) is 21.4. The third-order valence-corrected chi connectivity index (χ3v) is 12.9. The van der Waals surface area contributed by atoms with E-state index in [4.69, 9.17) is 0 Å². The molecular weight excluding hydrogens is 1060 g/mol. The molecule has 2 aromatic heterocycles. The highest BCUT2D eigenvalue weighted by Crippen LogP contribution is 2.44. The lowest BCUT2D eigenvalue weighted by molar-refractivity contribution is 0.381. The summed E-state index contributed by atoms with van der Waals surface area (Å²) in [5, 5.41) is -0.756. The molecule has 0 aliphatic rings. The van der Waals surface area contributed by atoms with Crippen LogP contribution in [-0.4, -0.2) is 9.13 Å². The van der Waals surface area contributed by atoms with E-state index in [1.165, 1.54) is 33.4 Å². The lowest BCUT2D eigenvalue weighted by Gasteiger charge is -2.14. The second-order valence-electron chi connectivity index (χ2n) is 16.9. The third-order valence-electron chi connectivity index (χ3n) is 12.9. The van der Waals surface area contributed by atoms with Gasteiger partial charge in [0.05, 0.1) is 44.3 Å². The van der Waals surface area contributed by atoms with E-state index in [0.29, 0.717) is 0 Å². The van der Waals surface area contributed by atoms with Crippen molar-refractivity contribution in [2.45, 2.75) is 0 Å². The van der Waals surface area contributed by atoms with Crippen LogP contribution in [0.5, 0.6) is 0 Å². The molecule has 0 spiro atoms. The Hall–Kier alpha value is -8.82. The molecule has 0 bridgehead atoms. The van der Waals surface area contributed by atoms with Gasteiger partial charge in [-0.05, 0) is 89.0 Å². The summed E-state index contributed by atoms with van der Waals surface area (Å²) in [5.74, 6) is -46.7. The highest BCUT2D eigenvalue weighted by atomic mass is 19.2. The van der Waals surface area contributed by atoms with Crippen molar-refractivity contribution in [3.05, 3.63) is 213 Å². The van der Waals surface area contributed by atoms with Gasteiger partial charge in [0, 0.05) is 32.9 Å². The van der Waals surface area contributed by atoms with E-state index in [1.807, 2.05) is 0 Å². The molecule has 0 aliphatic carbocycles. The summed E-state index contributed by atoms with van der Waals surface area (Å²) in [6.45, 7) is 0. The number of benzene rings is 9. The summed E-state index contributed by atoms with van der Waals surface area (Å²) in [7, 11) is 0. The van der Waals surface area contributed by atoms with Gasteiger partial charge in [0.2, 0.25) is 23.3 Å². The molecule has 22 heteroatoms. The summed E-state index contributed by atoms with van der Waals surface area (Å²) in [5.41, 5.74) is -8.25. The van der Waals surface area contributed by atoms with Gasteiger partial charge in [-0.3, -0.25) is 0 Å². The molecule has 0 amide bonds. The van der Waals surface area contributed by atoms with Crippen molar-refractivity contribution in [2.75, 3.05) is 0 Å². The number of hydrogen-bond acceptors (Lipinski definition) is 0. The number of hydrogen-bond donors (Lipinski definition) is 0. The smallest absolute Gasteiger partial charge is 0.200 e. The van der Waals surface area contributed by atoms with E-state index in [2.05, 4.69) is 0 Å². The van der Waals surface area contributed by atoms with Crippen LogP contribution in [0.25, 0.3) is 99.5 Å². The predicted molar refractivity (Wildman–Crippen MR) is 236 cm³/mol. The van der Waals surface area contributed by atoms with Crippen molar-refractivity contribution in [1.29, 1.82) is 0 Å². The SMILES string of the molecule is Fc1c(F)c(F)c(-c2ccc3c(c2)c2cc(-c4c(F)c(F)c(F)c(F)c4F)ccc2n3-c2cccc(-n3c4ccc(-c5c(F)c(F)c(F)c(F)c5F)cc4c4cc(-c5c(F)c(F)c(F)c(F)c5F)ccc43)c2)c(F)c1F. The molecule has 0 atom stereocenters. The van der Waals surface area contributed by atoms with E-state index in [-0.39, 0.29) is 55.0 Å². The zero-order valence-corrected chi connectivity index (χ0v) is 36.7. The van der Waals surface area contributed by atoms with E-state index < -0.39 is 161 Å². The molecular formula is C54H16F20N2. The lowest BCUT2D eigenvalue weighted by Crippen LogP contribution is -2.04. The topological polar surface area (TPSA) is 9.86 Å². The summed E-state index contributed by atoms with van der Waals surface area (Å²) < 4.78 is 298. The lowest BCUT2D eigenvalue weighted by atomic mass is 9.98. The third kappa shape index (κ3) is 6.91. The number of nitrogens with zero attached hydrogens (tertiary/aromatic N) is 2. The number of aromatic nitrogens is 2. The molecule has 0 N–H and O–H groups in total. The zero-order chi connectivity index (χ0) is 54.4. The Kier molecular flexibility index (Phi) is 11.3. The molecule has 0 saturated carbocycles. The van der Waals surface area contributed by atoms with E-state index >= 15 is 35.1 Å². The van der Waals surface area contributed by atoms with Gasteiger partial charge in [0.15, 0.2) is 93.1 Å². The average molecular weight is 1070 g/mol. The Labute approximate surface area is 409 Å². The second kappa shape index (κ2) is 17.4. The minimum Gasteiger partial charge on any atom is -0.309 e. The molecule has 0 fully saturated rings. The fourth-order valence-electron chi connectivity index (χ4n) is 9.43. The van der Waals surface area contributed by atoms with Gasteiger partial charge >= 0.3 is 0 Å². The summed E-state index contributed by atoms with van der Waals surface area (Å²) in [4.78, 5) is 0. The van der Waals surface area contributed by atoms with Crippen LogP contribution in [0.4, 0.5) is 87.8 Å². The van der Waals surface area contributed by atoms with Crippen LogP contribution in [-0.2, 0) is 0 Å². The maximum Gasteiger partial charge on any atom is 0.200 e. The first-order valence-corrected chi connectivity index (χ1v) is 21.4. The van der Waals surface area contributed by atoms with Crippen LogP contribution in [0, 0.1) is 116 Å². The normalized spacial score (nSPS) is 11.9. The van der Waals surface area contributed by atoms with Gasteiger partial charge < -0.3 is 9.13 Å². The molecule has 9 aromatic carbocycles. The first-order chi connectivity index (χ1) is 36.0. The van der Waals surface area contributed by atoms with Crippen LogP contribution in [0.15, 0.2) is 97.1 Å². The van der Waals surface area contributed by atoms with Crippen molar-refractivity contribution >= 4 is 43.6 Å². The monoisotopic (exact) mass is 1070 g/mol. The van der Waals surface area contributed by atoms with Crippen molar-refractivity contribution < 1.29 is 87.8 Å². The van der Waals surface area contributed by atoms with Crippen LogP contribution in [0.2, 0.25) is 0 Å². The molecule has 0 unspecified atom stereocenters. The maximum atomic E-state index is 15.3. The quantitative estimate of drug-likeness (QED) is 0.0892. The molecule has 0 radical (unpaired) electrons. The van der Waals surface area contributed by atoms with Gasteiger partial charge in [0.25, 0.3) is 0 Å². The second-order valence-corrected chi connectivity index (χ2v) is 16.9. The molecule has 382 valence electrons. The van der Waals surface area contributed by atoms with Crippen LogP contribution < -0.4 is 0 Å². The van der Waals surface area contributed by atoms with Crippen LogP contribution in [0.1, 0.15) is 0 Å². The highest BCUT2D eigenvalue weighted by molar-refractivity contribution is 6.13. The predicted octanol–water partition coefficient (Wildman–Crippen LogP) is 17.3. The number of halogens is 20. The summed E-state index contributed by atoms with van der Waals surface area (Å²) >= 11 is 0. The molecule has 11 aromatic rings. The van der Waals surface area contributed by atoms with Gasteiger partial charge in [0.1, 0.15) is 0 Å². The van der Waals surface area contributed by atoms with Crippen molar-refractivity contribution in [2.24, 2.45) is 0 Å². The van der Waals surface area contributed by atoms with Crippen LogP contribution in [0.3, 0.4) is 0 Å². The number of fused-ring (bicyclic) bond motifs is 6. The highest BCUT2D eigenvalue weighted by Gasteiger charge is 2.32. The van der Waals surface area contributed by atoms with Gasteiger partial charge in [-0.25, -0.2) is 87.8 Å². The fraction of sp³-hybridized carbons (Fsp3) is 0. The maximum absolute atomic E-state index is 15.3. The number of rotatable bonds is 6. The van der Waals surface area contributed by atoms with Crippen LogP contribution >= 0.6 is 0 Å². The van der Waals surface area contributed by atoms with Crippen molar-refractivity contribution in [3.63, 3.8) is 0 Å². The summed E-state index contributed by atoms with van der Waals surface area (Å²) in [6, 6.07) is 17.5. The molecule has 76 heavy (non-hydrogen) atoms. The molecule has 2 heterocycles. The minimum absolute atomic E-state index is 0.0172. The molecule has 2 nitrogen and oxygen atoms in total. The largest absolute Gasteiger partial charge is 0.309 e. The Morgan fingerprint density at radius 1 is 0.197 bits per heavy atom. The zero-order valence-electron chi connectivity index (χ0n) is 36.7. The molecule has 11 rings (SSSR count). The van der Waals surface area contributed by atoms with Gasteiger partial charge in [-0.2, -0.15) is 0 Å². The van der Waals surface area contributed by atoms with Crippen molar-refractivity contribution in [3.8, 4) is 55.9 Å². The minimum atomic E-state index is -2.49. The van der Waals surface area contributed by atoms with E-state index in [0.717, 1.165) is 72.8 Å².